The van der Waals surface area contributed by atoms with Gasteiger partial charge in [0.15, 0.2) is 0 Å². The van der Waals surface area contributed by atoms with Crippen molar-refractivity contribution in [2.45, 2.75) is 26.1 Å². The first-order valence-electron chi connectivity index (χ1n) is 3.40. The summed E-state index contributed by atoms with van der Waals surface area (Å²) >= 11 is 23.2. The van der Waals surface area contributed by atoms with Gasteiger partial charge in [-0.2, -0.15) is 0 Å². The van der Waals surface area contributed by atoms with Crippen LogP contribution < -0.4 is 0 Å². The summed E-state index contributed by atoms with van der Waals surface area (Å²) in [6.45, 7) is 5.45. The van der Waals surface area contributed by atoms with E-state index in [0.717, 1.165) is 5.57 Å². The number of hydrogen-bond acceptors (Lipinski definition) is 0. The van der Waals surface area contributed by atoms with E-state index < -0.39 is 0 Å². The Bertz CT molecular complexity index is 221. The average Bonchev–Trinajstić information content (AvgIpc) is 2.00. The summed E-state index contributed by atoms with van der Waals surface area (Å²) < 4.78 is 0. The molecule has 4 heteroatoms. The molecule has 0 aromatic heterocycles. The Kier molecular flexibility index (Phi) is 5.67. The lowest BCUT2D eigenvalue weighted by atomic mass is 10.3. The first kappa shape index (κ1) is 12.6. The quantitative estimate of drug-likeness (QED) is 0.484. The van der Waals surface area contributed by atoms with E-state index in [1.165, 1.54) is 0 Å². The summed E-state index contributed by atoms with van der Waals surface area (Å²) in [5.74, 6) is 0. The normalized spacial score (nSPS) is 15.2. The lowest BCUT2D eigenvalue weighted by Gasteiger charge is -2.05. The number of rotatable bonds is 2. The molecule has 0 saturated heterocycles. The van der Waals surface area contributed by atoms with E-state index in [4.69, 9.17) is 46.4 Å². The summed E-state index contributed by atoms with van der Waals surface area (Å²) in [6.07, 6.45) is 0. The first-order valence-corrected chi connectivity index (χ1v) is 4.97. The Morgan fingerprint density at radius 1 is 1.00 bits per heavy atom. The smallest absolute Gasteiger partial charge is 0.0751 e. The van der Waals surface area contributed by atoms with E-state index in [0.29, 0.717) is 15.1 Å². The fraction of sp³-hybridized carbons (Fsp3) is 0.500. The Hall–Kier alpha value is 0.640. The maximum atomic E-state index is 5.85. The standard InChI is InChI=1S/C8H10Cl4/c1-4(2)6(10)8(12)7(11)5(3)9/h5H,1-3H3. The van der Waals surface area contributed by atoms with Crippen molar-refractivity contribution >= 4 is 46.4 Å². The van der Waals surface area contributed by atoms with Crippen LogP contribution in [0.25, 0.3) is 0 Å². The van der Waals surface area contributed by atoms with Crippen molar-refractivity contribution in [1.82, 2.24) is 0 Å². The fourth-order valence-electron chi connectivity index (χ4n) is 0.499. The largest absolute Gasteiger partial charge is 0.117 e. The number of hydrogen-bond donors (Lipinski definition) is 0. The van der Waals surface area contributed by atoms with E-state index in [9.17, 15) is 0 Å². The maximum Gasteiger partial charge on any atom is 0.0751 e. The van der Waals surface area contributed by atoms with E-state index in [-0.39, 0.29) is 5.38 Å². The Balaban J connectivity index is 4.93. The molecule has 0 aliphatic carbocycles. The van der Waals surface area contributed by atoms with Crippen LogP contribution in [-0.4, -0.2) is 5.38 Å². The molecular weight excluding hydrogens is 238 g/mol. The predicted octanol–water partition coefficient (Wildman–Crippen LogP) is 4.84. The third-order valence-corrected chi connectivity index (χ3v) is 3.19. The number of halogens is 4. The molecule has 0 nitrogen and oxygen atoms in total. The second-order valence-corrected chi connectivity index (χ2v) is 4.41. The van der Waals surface area contributed by atoms with E-state index >= 15 is 0 Å². The van der Waals surface area contributed by atoms with Crippen molar-refractivity contribution in [2.75, 3.05) is 0 Å². The molecule has 1 unspecified atom stereocenters. The van der Waals surface area contributed by atoms with E-state index in [2.05, 4.69) is 0 Å². The highest BCUT2D eigenvalue weighted by Gasteiger charge is 2.11. The van der Waals surface area contributed by atoms with Gasteiger partial charge < -0.3 is 0 Å². The van der Waals surface area contributed by atoms with Crippen molar-refractivity contribution in [3.05, 3.63) is 20.7 Å². The van der Waals surface area contributed by atoms with Gasteiger partial charge >= 0.3 is 0 Å². The van der Waals surface area contributed by atoms with Crippen molar-refractivity contribution in [2.24, 2.45) is 0 Å². The highest BCUT2D eigenvalue weighted by molar-refractivity contribution is 6.49. The molecule has 12 heavy (non-hydrogen) atoms. The molecule has 0 rings (SSSR count). The molecule has 0 aliphatic heterocycles. The molecule has 0 heterocycles. The van der Waals surface area contributed by atoms with Gasteiger partial charge in [-0.15, -0.1) is 11.6 Å². The van der Waals surface area contributed by atoms with Gasteiger partial charge in [0.1, 0.15) is 0 Å². The van der Waals surface area contributed by atoms with Gasteiger partial charge in [0.05, 0.1) is 20.5 Å². The van der Waals surface area contributed by atoms with Gasteiger partial charge in [-0.3, -0.25) is 0 Å². The molecule has 0 spiro atoms. The highest BCUT2D eigenvalue weighted by Crippen LogP contribution is 2.30. The van der Waals surface area contributed by atoms with Crippen molar-refractivity contribution in [3.8, 4) is 0 Å². The predicted molar refractivity (Wildman–Crippen MR) is 58.3 cm³/mol. The van der Waals surface area contributed by atoms with Crippen LogP contribution in [0.2, 0.25) is 0 Å². The summed E-state index contributed by atoms with van der Waals surface area (Å²) in [5.41, 5.74) is 0.914. The summed E-state index contributed by atoms with van der Waals surface area (Å²) in [6, 6.07) is 0. The Morgan fingerprint density at radius 2 is 1.42 bits per heavy atom. The van der Waals surface area contributed by atoms with Gasteiger partial charge in [0.25, 0.3) is 0 Å². The molecule has 0 bridgehead atoms. The topological polar surface area (TPSA) is 0 Å². The van der Waals surface area contributed by atoms with Crippen LogP contribution in [0.15, 0.2) is 20.7 Å². The Labute approximate surface area is 93.1 Å². The van der Waals surface area contributed by atoms with Crippen LogP contribution >= 0.6 is 46.4 Å². The molecule has 0 radical (unpaired) electrons. The third-order valence-electron chi connectivity index (χ3n) is 1.19. The zero-order chi connectivity index (χ0) is 9.89. The van der Waals surface area contributed by atoms with Crippen LogP contribution in [0.5, 0.6) is 0 Å². The molecule has 0 saturated carbocycles. The monoisotopic (exact) mass is 246 g/mol. The molecular formula is C8H10Cl4. The maximum absolute atomic E-state index is 5.85. The summed E-state index contributed by atoms with van der Waals surface area (Å²) in [5, 5.41) is 0.867. The number of allylic oxidation sites excluding steroid dienone is 4. The SMILES string of the molecule is CC(C)=C(Cl)C(Cl)=C(Cl)C(C)Cl. The Morgan fingerprint density at radius 3 is 1.67 bits per heavy atom. The molecule has 0 aliphatic rings. The van der Waals surface area contributed by atoms with Gasteiger partial charge in [0.2, 0.25) is 0 Å². The second-order valence-electron chi connectivity index (χ2n) is 2.59. The van der Waals surface area contributed by atoms with Crippen LogP contribution in [0.1, 0.15) is 20.8 Å². The van der Waals surface area contributed by atoms with E-state index in [1.54, 1.807) is 6.92 Å². The molecule has 0 amide bonds. The minimum absolute atomic E-state index is 0.313. The van der Waals surface area contributed by atoms with Crippen molar-refractivity contribution < 1.29 is 0 Å². The third kappa shape index (κ3) is 3.57. The lowest BCUT2D eigenvalue weighted by molar-refractivity contribution is 1.19. The van der Waals surface area contributed by atoms with Crippen LogP contribution in [0, 0.1) is 0 Å². The summed E-state index contributed by atoms with van der Waals surface area (Å²) in [7, 11) is 0. The lowest BCUT2D eigenvalue weighted by Crippen LogP contribution is -1.93. The zero-order valence-corrected chi connectivity index (χ0v) is 10.1. The van der Waals surface area contributed by atoms with Gasteiger partial charge in [-0.05, 0) is 20.8 Å². The zero-order valence-electron chi connectivity index (χ0n) is 7.09. The summed E-state index contributed by atoms with van der Waals surface area (Å²) in [4.78, 5) is 0. The molecule has 0 aromatic rings. The molecule has 0 N–H and O–H groups in total. The van der Waals surface area contributed by atoms with E-state index in [1.807, 2.05) is 13.8 Å². The molecule has 1 atom stereocenters. The van der Waals surface area contributed by atoms with Crippen molar-refractivity contribution in [1.29, 1.82) is 0 Å². The fourth-order valence-corrected chi connectivity index (χ4v) is 1.26. The first-order chi connectivity index (χ1) is 5.37. The molecule has 0 fully saturated rings. The van der Waals surface area contributed by atoms with Crippen LogP contribution in [0.3, 0.4) is 0 Å². The second kappa shape index (κ2) is 5.39. The van der Waals surface area contributed by atoms with Crippen molar-refractivity contribution in [3.63, 3.8) is 0 Å². The van der Waals surface area contributed by atoms with Gasteiger partial charge in [0, 0.05) is 0 Å². The average molecular weight is 248 g/mol. The number of alkyl halides is 1. The van der Waals surface area contributed by atoms with Crippen LogP contribution in [0.4, 0.5) is 0 Å². The van der Waals surface area contributed by atoms with Crippen LogP contribution in [-0.2, 0) is 0 Å². The molecule has 0 aromatic carbocycles. The minimum atomic E-state index is -0.313. The van der Waals surface area contributed by atoms with Gasteiger partial charge in [-0.25, -0.2) is 0 Å². The van der Waals surface area contributed by atoms with Gasteiger partial charge in [-0.1, -0.05) is 40.4 Å². The molecule has 70 valence electrons. The highest BCUT2D eigenvalue weighted by atomic mass is 35.5. The minimum Gasteiger partial charge on any atom is -0.117 e.